The van der Waals surface area contributed by atoms with Crippen LogP contribution in [-0.2, 0) is 13.0 Å². The lowest BCUT2D eigenvalue weighted by Crippen LogP contribution is -2.10. The molecule has 0 amide bonds. The first-order valence-electron chi connectivity index (χ1n) is 5.34. The van der Waals surface area contributed by atoms with Gasteiger partial charge in [0, 0.05) is 25.4 Å². The molecular formula is C12H13ClFN3. The molecule has 0 radical (unpaired) electrons. The third kappa shape index (κ3) is 2.84. The zero-order valence-electron chi connectivity index (χ0n) is 9.24. The molecule has 0 unspecified atom stereocenters. The molecule has 0 saturated heterocycles. The van der Waals surface area contributed by atoms with Gasteiger partial charge < -0.3 is 10.3 Å². The Kier molecular flexibility index (Phi) is 3.76. The van der Waals surface area contributed by atoms with Crippen molar-refractivity contribution >= 4 is 11.6 Å². The quantitative estimate of drug-likeness (QED) is 0.908. The van der Waals surface area contributed by atoms with Gasteiger partial charge in [0.25, 0.3) is 0 Å². The first kappa shape index (κ1) is 12.1. The monoisotopic (exact) mass is 253 g/mol. The van der Waals surface area contributed by atoms with Crippen LogP contribution in [0.3, 0.4) is 0 Å². The standard InChI is InChI=1S/C12H13ClFN3/c13-10-7-9(1-2-11(10)14)8-17-6-5-16-12(17)3-4-15/h1-2,5-7H,3-4,8,15H2. The largest absolute Gasteiger partial charge is 0.330 e. The maximum atomic E-state index is 13.0. The first-order chi connectivity index (χ1) is 8.20. The Morgan fingerprint density at radius 2 is 2.24 bits per heavy atom. The summed E-state index contributed by atoms with van der Waals surface area (Å²) in [5, 5.41) is 0.142. The van der Waals surface area contributed by atoms with E-state index >= 15 is 0 Å². The number of hydrogen-bond donors (Lipinski definition) is 1. The molecule has 0 bridgehead atoms. The lowest BCUT2D eigenvalue weighted by atomic mass is 10.2. The summed E-state index contributed by atoms with van der Waals surface area (Å²) in [6.45, 7) is 1.18. The van der Waals surface area contributed by atoms with Gasteiger partial charge in [0.05, 0.1) is 5.02 Å². The molecule has 1 aromatic heterocycles. The highest BCUT2D eigenvalue weighted by Crippen LogP contribution is 2.17. The van der Waals surface area contributed by atoms with E-state index in [4.69, 9.17) is 17.3 Å². The molecule has 0 fully saturated rings. The summed E-state index contributed by atoms with van der Waals surface area (Å²) >= 11 is 5.74. The molecule has 90 valence electrons. The molecule has 3 nitrogen and oxygen atoms in total. The van der Waals surface area contributed by atoms with Gasteiger partial charge in [0.1, 0.15) is 11.6 Å². The van der Waals surface area contributed by atoms with Crippen molar-refractivity contribution in [3.63, 3.8) is 0 Å². The summed E-state index contributed by atoms with van der Waals surface area (Å²) < 4.78 is 15.0. The molecule has 2 aromatic rings. The molecule has 0 spiro atoms. The van der Waals surface area contributed by atoms with Gasteiger partial charge in [-0.2, -0.15) is 0 Å². The van der Waals surface area contributed by atoms with Gasteiger partial charge in [0.15, 0.2) is 0 Å². The summed E-state index contributed by atoms with van der Waals surface area (Å²) in [6, 6.07) is 4.72. The topological polar surface area (TPSA) is 43.8 Å². The number of rotatable bonds is 4. The number of nitrogens with zero attached hydrogens (tertiary/aromatic N) is 2. The highest BCUT2D eigenvalue weighted by molar-refractivity contribution is 6.30. The Labute approximate surface area is 104 Å². The second-order valence-electron chi connectivity index (χ2n) is 3.76. The van der Waals surface area contributed by atoms with Gasteiger partial charge in [-0.1, -0.05) is 17.7 Å². The highest BCUT2D eigenvalue weighted by Gasteiger charge is 2.05. The number of halogens is 2. The summed E-state index contributed by atoms with van der Waals surface area (Å²) in [5.74, 6) is 0.524. The summed E-state index contributed by atoms with van der Waals surface area (Å²) in [4.78, 5) is 4.22. The summed E-state index contributed by atoms with van der Waals surface area (Å²) in [7, 11) is 0. The molecule has 2 N–H and O–H groups in total. The number of benzene rings is 1. The van der Waals surface area contributed by atoms with Crippen molar-refractivity contribution in [3.05, 3.63) is 52.8 Å². The van der Waals surface area contributed by atoms with Gasteiger partial charge >= 0.3 is 0 Å². The van der Waals surface area contributed by atoms with E-state index in [1.807, 2.05) is 10.8 Å². The van der Waals surface area contributed by atoms with Crippen molar-refractivity contribution in [1.29, 1.82) is 0 Å². The van der Waals surface area contributed by atoms with E-state index in [9.17, 15) is 4.39 Å². The van der Waals surface area contributed by atoms with Crippen LogP contribution in [0, 0.1) is 5.82 Å². The molecule has 0 atom stereocenters. The van der Waals surface area contributed by atoms with E-state index in [-0.39, 0.29) is 5.02 Å². The van der Waals surface area contributed by atoms with Gasteiger partial charge in [-0.05, 0) is 24.2 Å². The van der Waals surface area contributed by atoms with Crippen molar-refractivity contribution in [2.45, 2.75) is 13.0 Å². The average Bonchev–Trinajstić information content (AvgIpc) is 2.72. The van der Waals surface area contributed by atoms with Crippen LogP contribution >= 0.6 is 11.6 Å². The number of nitrogens with two attached hydrogens (primary N) is 1. The minimum atomic E-state index is -0.400. The van der Waals surface area contributed by atoms with Gasteiger partial charge in [-0.3, -0.25) is 0 Å². The fourth-order valence-electron chi connectivity index (χ4n) is 1.68. The predicted molar refractivity (Wildman–Crippen MR) is 65.5 cm³/mol. The summed E-state index contributed by atoms with van der Waals surface area (Å²) in [6.07, 6.45) is 4.33. The third-order valence-corrected chi connectivity index (χ3v) is 2.80. The Morgan fingerprint density at radius 3 is 2.94 bits per heavy atom. The molecule has 1 aromatic carbocycles. The molecule has 0 aliphatic heterocycles. The van der Waals surface area contributed by atoms with Crippen molar-refractivity contribution in [2.75, 3.05) is 6.54 Å². The molecule has 0 aliphatic carbocycles. The van der Waals surface area contributed by atoms with Crippen molar-refractivity contribution < 1.29 is 4.39 Å². The predicted octanol–water partition coefficient (Wildman–Crippen LogP) is 2.23. The molecule has 5 heteroatoms. The molecular weight excluding hydrogens is 241 g/mol. The van der Waals surface area contributed by atoms with Crippen molar-refractivity contribution in [2.24, 2.45) is 5.73 Å². The lowest BCUT2D eigenvalue weighted by Gasteiger charge is -2.07. The smallest absolute Gasteiger partial charge is 0.141 e. The Hall–Kier alpha value is -1.39. The molecule has 0 saturated carbocycles. The zero-order chi connectivity index (χ0) is 12.3. The second-order valence-corrected chi connectivity index (χ2v) is 4.17. The maximum Gasteiger partial charge on any atom is 0.141 e. The fraction of sp³-hybridized carbons (Fsp3) is 0.250. The van der Waals surface area contributed by atoms with Crippen LogP contribution in [0.4, 0.5) is 4.39 Å². The van der Waals surface area contributed by atoms with Crippen LogP contribution in [0.5, 0.6) is 0 Å². The van der Waals surface area contributed by atoms with Crippen LogP contribution in [-0.4, -0.2) is 16.1 Å². The average molecular weight is 254 g/mol. The Balaban J connectivity index is 2.19. The van der Waals surface area contributed by atoms with Crippen molar-refractivity contribution in [1.82, 2.24) is 9.55 Å². The fourth-order valence-corrected chi connectivity index (χ4v) is 1.88. The minimum Gasteiger partial charge on any atom is -0.330 e. The van der Waals surface area contributed by atoms with Crippen LogP contribution in [0.2, 0.25) is 5.02 Å². The van der Waals surface area contributed by atoms with Gasteiger partial charge in [-0.25, -0.2) is 9.37 Å². The lowest BCUT2D eigenvalue weighted by molar-refractivity contribution is 0.626. The van der Waals surface area contributed by atoms with Gasteiger partial charge in [-0.15, -0.1) is 0 Å². The van der Waals surface area contributed by atoms with Crippen LogP contribution in [0.15, 0.2) is 30.6 Å². The number of aromatic nitrogens is 2. The van der Waals surface area contributed by atoms with Crippen LogP contribution in [0.25, 0.3) is 0 Å². The molecule has 2 rings (SSSR count). The van der Waals surface area contributed by atoms with E-state index in [2.05, 4.69) is 4.98 Å². The maximum absolute atomic E-state index is 13.0. The normalized spacial score (nSPS) is 10.8. The third-order valence-electron chi connectivity index (χ3n) is 2.51. The second kappa shape index (κ2) is 5.29. The van der Waals surface area contributed by atoms with E-state index in [1.165, 1.54) is 6.07 Å². The molecule has 17 heavy (non-hydrogen) atoms. The van der Waals surface area contributed by atoms with Crippen LogP contribution in [0.1, 0.15) is 11.4 Å². The summed E-state index contributed by atoms with van der Waals surface area (Å²) in [5.41, 5.74) is 6.44. The van der Waals surface area contributed by atoms with E-state index in [1.54, 1.807) is 18.3 Å². The molecule has 1 heterocycles. The number of hydrogen-bond acceptors (Lipinski definition) is 2. The molecule has 0 aliphatic rings. The van der Waals surface area contributed by atoms with E-state index in [0.29, 0.717) is 13.1 Å². The SMILES string of the molecule is NCCc1nccn1Cc1ccc(F)c(Cl)c1. The minimum absolute atomic E-state index is 0.142. The number of imidazole rings is 1. The van der Waals surface area contributed by atoms with E-state index in [0.717, 1.165) is 17.8 Å². The first-order valence-corrected chi connectivity index (χ1v) is 5.72. The Bertz CT molecular complexity index is 510. The highest BCUT2D eigenvalue weighted by atomic mass is 35.5. The van der Waals surface area contributed by atoms with Crippen molar-refractivity contribution in [3.8, 4) is 0 Å². The Morgan fingerprint density at radius 1 is 1.41 bits per heavy atom. The van der Waals surface area contributed by atoms with Crippen LogP contribution < -0.4 is 5.73 Å². The van der Waals surface area contributed by atoms with E-state index < -0.39 is 5.82 Å². The zero-order valence-corrected chi connectivity index (χ0v) is 9.99. The van der Waals surface area contributed by atoms with Gasteiger partial charge in [0.2, 0.25) is 0 Å².